The van der Waals surface area contributed by atoms with Gasteiger partial charge in [0.25, 0.3) is 0 Å². The highest BCUT2D eigenvalue weighted by Gasteiger charge is 2.28. The van der Waals surface area contributed by atoms with Gasteiger partial charge in [-0.3, -0.25) is 9.59 Å². The quantitative estimate of drug-likeness (QED) is 0.690. The van der Waals surface area contributed by atoms with E-state index >= 15 is 0 Å². The average molecular weight is 253 g/mol. The number of nitrogens with one attached hydrogen (secondary N) is 1. The van der Waals surface area contributed by atoms with Gasteiger partial charge in [0.2, 0.25) is 11.8 Å². The van der Waals surface area contributed by atoms with Gasteiger partial charge in [0.1, 0.15) is 6.54 Å². The zero-order valence-corrected chi connectivity index (χ0v) is 11.5. The summed E-state index contributed by atoms with van der Waals surface area (Å²) in [6.45, 7) is 12.0. The van der Waals surface area contributed by atoms with Gasteiger partial charge in [-0.05, 0) is 12.5 Å². The zero-order chi connectivity index (χ0) is 13.7. The molecule has 0 aromatic heterocycles. The smallest absolute Gasteiger partial charge is 0.242 e. The summed E-state index contributed by atoms with van der Waals surface area (Å²) >= 11 is 0. The number of likely N-dealkylation sites (N-methyl/N-ethyl adjacent to an activating group) is 1. The fourth-order valence-electron chi connectivity index (χ4n) is 1.81. The van der Waals surface area contributed by atoms with E-state index in [1.54, 1.807) is 9.80 Å². The molecule has 1 rings (SSSR count). The molecule has 0 radical (unpaired) electrons. The van der Waals surface area contributed by atoms with Crippen molar-refractivity contribution in [1.82, 2.24) is 15.1 Å². The molecule has 2 amide bonds. The SMILES string of the molecule is C=C(CNC(C)C)CN1CC(=O)N(CC)CC1=O. The molecular formula is C13H23N3O2. The van der Waals surface area contributed by atoms with Crippen LogP contribution in [0.2, 0.25) is 0 Å². The summed E-state index contributed by atoms with van der Waals surface area (Å²) in [5.74, 6) is 0.0175. The van der Waals surface area contributed by atoms with E-state index in [1.807, 2.05) is 6.92 Å². The van der Waals surface area contributed by atoms with E-state index in [0.29, 0.717) is 25.7 Å². The number of piperazine rings is 1. The van der Waals surface area contributed by atoms with Crippen LogP contribution in [0.25, 0.3) is 0 Å². The van der Waals surface area contributed by atoms with Crippen molar-refractivity contribution in [3.63, 3.8) is 0 Å². The van der Waals surface area contributed by atoms with Crippen molar-refractivity contribution in [3.05, 3.63) is 12.2 Å². The molecule has 102 valence electrons. The predicted molar refractivity (Wildman–Crippen MR) is 71.1 cm³/mol. The van der Waals surface area contributed by atoms with Gasteiger partial charge in [-0.1, -0.05) is 20.4 Å². The number of rotatable bonds is 6. The zero-order valence-electron chi connectivity index (χ0n) is 11.5. The molecule has 18 heavy (non-hydrogen) atoms. The van der Waals surface area contributed by atoms with Crippen molar-refractivity contribution in [2.45, 2.75) is 26.8 Å². The minimum Gasteiger partial charge on any atom is -0.332 e. The van der Waals surface area contributed by atoms with Crippen LogP contribution in [0.4, 0.5) is 0 Å². The van der Waals surface area contributed by atoms with Crippen LogP contribution in [0, 0.1) is 0 Å². The summed E-state index contributed by atoms with van der Waals surface area (Å²) in [6, 6.07) is 0.385. The van der Waals surface area contributed by atoms with Gasteiger partial charge in [0.05, 0.1) is 6.54 Å². The van der Waals surface area contributed by atoms with Gasteiger partial charge in [0, 0.05) is 25.7 Å². The van der Waals surface area contributed by atoms with E-state index in [-0.39, 0.29) is 24.9 Å². The molecule has 0 saturated carbocycles. The standard InChI is InChI=1S/C13H23N3O2/c1-5-15-8-13(18)16(9-12(15)17)7-11(4)6-14-10(2)3/h10,14H,4-9H2,1-3H3. The Kier molecular flexibility index (Phi) is 5.34. The predicted octanol–water partition coefficient (Wildman–Crippen LogP) is 0.231. The summed E-state index contributed by atoms with van der Waals surface area (Å²) in [5, 5.41) is 3.25. The Morgan fingerprint density at radius 2 is 1.83 bits per heavy atom. The lowest BCUT2D eigenvalue weighted by molar-refractivity contribution is -0.149. The van der Waals surface area contributed by atoms with Crippen molar-refractivity contribution >= 4 is 11.8 Å². The summed E-state index contributed by atoms with van der Waals surface area (Å²) in [5.41, 5.74) is 0.926. The lowest BCUT2D eigenvalue weighted by Gasteiger charge is -2.33. The first-order chi connectivity index (χ1) is 8.43. The minimum absolute atomic E-state index is 0.00199. The van der Waals surface area contributed by atoms with E-state index in [2.05, 4.69) is 25.7 Å². The van der Waals surface area contributed by atoms with Crippen molar-refractivity contribution in [3.8, 4) is 0 Å². The Morgan fingerprint density at radius 1 is 1.28 bits per heavy atom. The Hall–Kier alpha value is -1.36. The third kappa shape index (κ3) is 4.14. The molecule has 0 aliphatic carbocycles. The molecule has 1 aliphatic heterocycles. The van der Waals surface area contributed by atoms with Crippen LogP contribution in [-0.2, 0) is 9.59 Å². The van der Waals surface area contributed by atoms with Crippen molar-refractivity contribution in [2.75, 3.05) is 32.7 Å². The van der Waals surface area contributed by atoms with Crippen LogP contribution in [0.1, 0.15) is 20.8 Å². The molecule has 1 saturated heterocycles. The largest absolute Gasteiger partial charge is 0.332 e. The first-order valence-electron chi connectivity index (χ1n) is 6.39. The van der Waals surface area contributed by atoms with Gasteiger partial charge in [-0.25, -0.2) is 0 Å². The Morgan fingerprint density at radius 3 is 2.39 bits per heavy atom. The summed E-state index contributed by atoms with van der Waals surface area (Å²) < 4.78 is 0. The van der Waals surface area contributed by atoms with E-state index in [0.717, 1.165) is 5.57 Å². The van der Waals surface area contributed by atoms with Crippen molar-refractivity contribution in [1.29, 1.82) is 0 Å². The molecule has 0 spiro atoms. The molecule has 1 fully saturated rings. The van der Waals surface area contributed by atoms with Crippen LogP contribution in [-0.4, -0.2) is 60.4 Å². The molecule has 0 aromatic rings. The molecule has 0 atom stereocenters. The second-order valence-electron chi connectivity index (χ2n) is 4.94. The van der Waals surface area contributed by atoms with Crippen molar-refractivity contribution in [2.24, 2.45) is 0 Å². The maximum absolute atomic E-state index is 11.9. The number of hydrogen-bond acceptors (Lipinski definition) is 3. The van der Waals surface area contributed by atoms with Crippen molar-refractivity contribution < 1.29 is 9.59 Å². The molecule has 1 N–H and O–H groups in total. The minimum atomic E-state index is 0.00199. The Bertz CT molecular complexity index is 339. The Balaban J connectivity index is 2.45. The molecule has 0 aromatic carbocycles. The number of carbonyl (C=O) groups is 2. The summed E-state index contributed by atoms with van der Waals surface area (Å²) in [6.07, 6.45) is 0. The van der Waals surface area contributed by atoms with E-state index in [1.165, 1.54) is 0 Å². The molecule has 5 nitrogen and oxygen atoms in total. The Labute approximate surface area is 109 Å². The third-order valence-corrected chi connectivity index (χ3v) is 2.91. The second kappa shape index (κ2) is 6.54. The molecule has 0 bridgehead atoms. The van der Waals surface area contributed by atoms with Gasteiger partial charge in [0.15, 0.2) is 0 Å². The highest BCUT2D eigenvalue weighted by molar-refractivity contribution is 5.92. The lowest BCUT2D eigenvalue weighted by atomic mass is 10.2. The first kappa shape index (κ1) is 14.7. The fourth-order valence-corrected chi connectivity index (χ4v) is 1.81. The van der Waals surface area contributed by atoms with Gasteiger partial charge in [-0.15, -0.1) is 0 Å². The lowest BCUT2D eigenvalue weighted by Crippen LogP contribution is -2.54. The van der Waals surface area contributed by atoms with Crippen LogP contribution in [0.15, 0.2) is 12.2 Å². The monoisotopic (exact) mass is 253 g/mol. The van der Waals surface area contributed by atoms with Gasteiger partial charge >= 0.3 is 0 Å². The maximum Gasteiger partial charge on any atom is 0.242 e. The normalized spacial score (nSPS) is 16.7. The van der Waals surface area contributed by atoms with E-state index < -0.39 is 0 Å². The first-order valence-corrected chi connectivity index (χ1v) is 6.39. The number of hydrogen-bond donors (Lipinski definition) is 1. The van der Waals surface area contributed by atoms with Crippen LogP contribution < -0.4 is 5.32 Å². The number of amides is 2. The van der Waals surface area contributed by atoms with E-state index in [4.69, 9.17) is 0 Å². The highest BCUT2D eigenvalue weighted by Crippen LogP contribution is 2.06. The number of carbonyl (C=O) groups excluding carboxylic acids is 2. The van der Waals surface area contributed by atoms with Gasteiger partial charge in [-0.2, -0.15) is 0 Å². The fraction of sp³-hybridized carbons (Fsp3) is 0.692. The van der Waals surface area contributed by atoms with Crippen LogP contribution in [0.3, 0.4) is 0 Å². The average Bonchev–Trinajstić information content (AvgIpc) is 2.30. The topological polar surface area (TPSA) is 52.7 Å². The third-order valence-electron chi connectivity index (χ3n) is 2.91. The second-order valence-corrected chi connectivity index (χ2v) is 4.94. The summed E-state index contributed by atoms with van der Waals surface area (Å²) in [7, 11) is 0. The number of nitrogens with zero attached hydrogens (tertiary/aromatic N) is 2. The molecule has 1 aliphatic rings. The molecule has 0 unspecified atom stereocenters. The molecular weight excluding hydrogens is 230 g/mol. The van der Waals surface area contributed by atoms with Crippen LogP contribution >= 0.6 is 0 Å². The van der Waals surface area contributed by atoms with Gasteiger partial charge < -0.3 is 15.1 Å². The highest BCUT2D eigenvalue weighted by atomic mass is 16.2. The molecule has 1 heterocycles. The summed E-state index contributed by atoms with van der Waals surface area (Å²) in [4.78, 5) is 26.7. The van der Waals surface area contributed by atoms with E-state index in [9.17, 15) is 9.59 Å². The maximum atomic E-state index is 11.9. The van der Waals surface area contributed by atoms with Crippen LogP contribution in [0.5, 0.6) is 0 Å². The molecule has 5 heteroatoms.